The molecule has 1 aliphatic heterocycles. The molecule has 0 saturated heterocycles. The number of hydrogen-bond donors (Lipinski definition) is 0. The van der Waals surface area contributed by atoms with Gasteiger partial charge in [-0.25, -0.2) is 0 Å². The summed E-state index contributed by atoms with van der Waals surface area (Å²) in [5.41, 5.74) is 17.9. The predicted octanol–water partition coefficient (Wildman–Crippen LogP) is 13.4. The second kappa shape index (κ2) is 16.2. The van der Waals surface area contributed by atoms with E-state index in [4.69, 9.17) is 4.99 Å². The van der Waals surface area contributed by atoms with E-state index in [9.17, 15) is 0 Å². The van der Waals surface area contributed by atoms with Gasteiger partial charge < -0.3 is 0 Å². The van der Waals surface area contributed by atoms with Crippen LogP contribution in [0.4, 0.5) is 0 Å². The van der Waals surface area contributed by atoms with Gasteiger partial charge in [0.1, 0.15) is 0 Å². The molecular formula is C60H47N. The fourth-order valence-electron chi connectivity index (χ4n) is 10.5. The Morgan fingerprint density at radius 1 is 0.377 bits per heavy atom. The summed E-state index contributed by atoms with van der Waals surface area (Å²) < 4.78 is 0. The number of benzene rings is 8. The van der Waals surface area contributed by atoms with Crippen LogP contribution >= 0.6 is 0 Å². The lowest BCUT2D eigenvalue weighted by atomic mass is 9.65. The lowest BCUT2D eigenvalue weighted by Gasteiger charge is -2.39. The molecule has 0 bridgehead atoms. The maximum absolute atomic E-state index is 5.38. The van der Waals surface area contributed by atoms with E-state index in [0.717, 1.165) is 36.2 Å². The van der Waals surface area contributed by atoms with Crippen LogP contribution in [0, 0.1) is 5.92 Å². The third-order valence-corrected chi connectivity index (χ3v) is 13.4. The first-order valence-corrected chi connectivity index (χ1v) is 21.9. The summed E-state index contributed by atoms with van der Waals surface area (Å²) in [5.74, 6) is 1.38. The Morgan fingerprint density at radius 2 is 0.902 bits per heavy atom. The van der Waals surface area contributed by atoms with Crippen molar-refractivity contribution in [1.29, 1.82) is 0 Å². The Labute approximate surface area is 359 Å². The van der Waals surface area contributed by atoms with Crippen LogP contribution in [-0.4, -0.2) is 5.71 Å². The number of nitrogens with zero attached hydrogens (tertiary/aromatic N) is 1. The molecule has 0 spiro atoms. The maximum Gasteiger partial charge on any atom is 0.0672 e. The van der Waals surface area contributed by atoms with Crippen LogP contribution in [0.2, 0.25) is 0 Å². The van der Waals surface area contributed by atoms with E-state index in [0.29, 0.717) is 17.8 Å². The number of rotatable bonds is 8. The van der Waals surface area contributed by atoms with Crippen molar-refractivity contribution in [3.8, 4) is 22.3 Å². The molecule has 1 saturated carbocycles. The minimum atomic E-state index is 0.207. The van der Waals surface area contributed by atoms with Crippen LogP contribution in [0.5, 0.6) is 0 Å². The molecule has 1 nitrogen and oxygen atoms in total. The monoisotopic (exact) mass is 781 g/mol. The molecule has 11 rings (SSSR count). The van der Waals surface area contributed by atoms with Gasteiger partial charge >= 0.3 is 0 Å². The van der Waals surface area contributed by atoms with Gasteiger partial charge in [-0.05, 0) is 103 Å². The highest BCUT2D eigenvalue weighted by Crippen LogP contribution is 2.53. The lowest BCUT2D eigenvalue weighted by Crippen LogP contribution is -2.26. The summed E-state index contributed by atoms with van der Waals surface area (Å²) in [6.07, 6.45) is 5.45. The normalized spacial score (nSPS) is 19.4. The second-order valence-electron chi connectivity index (χ2n) is 17.0. The third-order valence-electron chi connectivity index (χ3n) is 13.4. The zero-order chi connectivity index (χ0) is 40.5. The average Bonchev–Trinajstić information content (AvgIpc) is 3.69. The molecular weight excluding hydrogens is 735 g/mol. The molecule has 0 amide bonds. The second-order valence-corrected chi connectivity index (χ2v) is 17.0. The van der Waals surface area contributed by atoms with Crippen molar-refractivity contribution in [1.82, 2.24) is 0 Å². The van der Waals surface area contributed by atoms with Gasteiger partial charge in [0, 0.05) is 29.5 Å². The highest BCUT2D eigenvalue weighted by atomic mass is 14.8. The van der Waals surface area contributed by atoms with Gasteiger partial charge in [0.25, 0.3) is 0 Å². The van der Waals surface area contributed by atoms with Crippen LogP contribution < -0.4 is 10.4 Å². The van der Waals surface area contributed by atoms with E-state index < -0.39 is 0 Å². The van der Waals surface area contributed by atoms with E-state index >= 15 is 0 Å². The molecule has 2 aliphatic carbocycles. The molecule has 3 aliphatic rings. The van der Waals surface area contributed by atoms with Crippen LogP contribution in [0.3, 0.4) is 0 Å². The zero-order valence-electron chi connectivity index (χ0n) is 34.2. The molecule has 0 aromatic heterocycles. The summed E-state index contributed by atoms with van der Waals surface area (Å²) in [7, 11) is 0. The quantitative estimate of drug-likeness (QED) is 0.146. The first-order chi connectivity index (χ1) is 30.2. The van der Waals surface area contributed by atoms with Gasteiger partial charge in [-0.15, -0.1) is 0 Å². The minimum Gasteiger partial charge on any atom is -0.252 e. The largest absolute Gasteiger partial charge is 0.252 e. The van der Waals surface area contributed by atoms with Gasteiger partial charge in [-0.3, -0.25) is 4.99 Å². The van der Waals surface area contributed by atoms with Crippen molar-refractivity contribution >= 4 is 22.6 Å². The Balaban J connectivity index is 0.975. The van der Waals surface area contributed by atoms with Crippen LogP contribution in [0.25, 0.3) is 39.1 Å². The zero-order valence-corrected chi connectivity index (χ0v) is 34.2. The average molecular weight is 782 g/mol. The number of allylic oxidation sites excluding steroid dienone is 1. The van der Waals surface area contributed by atoms with E-state index in [-0.39, 0.29) is 5.92 Å². The summed E-state index contributed by atoms with van der Waals surface area (Å²) in [6.45, 7) is 0. The first-order valence-electron chi connectivity index (χ1n) is 21.9. The van der Waals surface area contributed by atoms with Gasteiger partial charge in [0.2, 0.25) is 0 Å². The van der Waals surface area contributed by atoms with Gasteiger partial charge in [-0.1, -0.05) is 218 Å². The summed E-state index contributed by atoms with van der Waals surface area (Å²) in [5, 5.41) is 2.82. The molecule has 0 radical (unpaired) electrons. The molecule has 1 heteroatoms. The summed E-state index contributed by atoms with van der Waals surface area (Å²) >= 11 is 0. The maximum atomic E-state index is 5.38. The van der Waals surface area contributed by atoms with Crippen molar-refractivity contribution in [3.63, 3.8) is 0 Å². The highest BCUT2D eigenvalue weighted by molar-refractivity contribution is 6.05. The van der Waals surface area contributed by atoms with Gasteiger partial charge in [0.15, 0.2) is 0 Å². The van der Waals surface area contributed by atoms with Crippen molar-refractivity contribution in [2.24, 2.45) is 10.9 Å². The topological polar surface area (TPSA) is 12.4 Å². The predicted molar refractivity (Wildman–Crippen MR) is 255 cm³/mol. The Hall–Kier alpha value is -7.09. The standard InChI is InChI=1S/C60H47N/c1-5-17-41(18-6-1)43-31-33-44(34-32-43)52-39-57(46-23-11-4-12-24-46)61-58(40-52)49-27-15-25-47(35-49)48-26-16-28-50(36-48)59-54-30-14-13-29-53(54)56-38-51(42-19-7-2-8-20-42)37-55(60(56)59)45-21-9-3-10-22-45/h1-36,40,51-52,55,60H,37-39H2. The fraction of sp³-hybridized carbons (Fsp3) is 0.117. The molecule has 1 heterocycles. The van der Waals surface area contributed by atoms with E-state index in [1.807, 2.05) is 0 Å². The van der Waals surface area contributed by atoms with Crippen LogP contribution in [0.1, 0.15) is 70.4 Å². The van der Waals surface area contributed by atoms with Gasteiger partial charge in [-0.2, -0.15) is 0 Å². The van der Waals surface area contributed by atoms with Gasteiger partial charge in [0.05, 0.1) is 5.70 Å². The third kappa shape index (κ3) is 7.21. The lowest BCUT2D eigenvalue weighted by molar-refractivity contribution is 0.449. The van der Waals surface area contributed by atoms with Crippen molar-refractivity contribution in [2.75, 3.05) is 0 Å². The van der Waals surface area contributed by atoms with E-state index in [2.05, 4.69) is 224 Å². The molecule has 4 atom stereocenters. The first kappa shape index (κ1) is 36.9. The SMILES string of the molecule is C1=C(c2cccc(-c3cccc(C4=c5ccccc5=C5CC(c6ccccc6)CC(c6ccccc6)C54)c3)c2)N=C(c2ccccc2)CC1c1ccc(-c2ccccc2)cc1. The fourth-order valence-corrected chi connectivity index (χ4v) is 10.5. The number of aliphatic imine (C=N–C) groups is 1. The molecule has 292 valence electrons. The Kier molecular flexibility index (Phi) is 9.79. The summed E-state index contributed by atoms with van der Waals surface area (Å²) in [4.78, 5) is 5.38. The molecule has 61 heavy (non-hydrogen) atoms. The van der Waals surface area contributed by atoms with Crippen LogP contribution in [-0.2, 0) is 0 Å². The van der Waals surface area contributed by atoms with Crippen molar-refractivity contribution in [2.45, 2.75) is 37.0 Å². The summed E-state index contributed by atoms with van der Waals surface area (Å²) in [6, 6.07) is 80.5. The molecule has 8 aromatic rings. The van der Waals surface area contributed by atoms with Crippen LogP contribution in [0.15, 0.2) is 229 Å². The number of hydrogen-bond acceptors (Lipinski definition) is 1. The molecule has 4 unspecified atom stereocenters. The number of fused-ring (bicyclic) bond motifs is 2. The Bertz CT molecular complexity index is 3030. The van der Waals surface area contributed by atoms with Crippen molar-refractivity contribution < 1.29 is 0 Å². The molecule has 0 N–H and O–H groups in total. The minimum absolute atomic E-state index is 0.207. The highest BCUT2D eigenvalue weighted by Gasteiger charge is 2.41. The van der Waals surface area contributed by atoms with E-state index in [1.165, 1.54) is 66.1 Å². The smallest absolute Gasteiger partial charge is 0.0672 e. The van der Waals surface area contributed by atoms with Crippen molar-refractivity contribution in [3.05, 3.63) is 268 Å². The molecule has 8 aromatic carbocycles. The van der Waals surface area contributed by atoms with E-state index in [1.54, 1.807) is 5.57 Å². The Morgan fingerprint density at radius 3 is 1.59 bits per heavy atom. The molecule has 1 fully saturated rings.